The Morgan fingerprint density at radius 1 is 1.11 bits per heavy atom. The number of hydrogen-bond acceptors (Lipinski definition) is 7. The second kappa shape index (κ2) is 8.57. The van der Waals surface area contributed by atoms with Crippen LogP contribution in [0.5, 0.6) is 0 Å². The number of rotatable bonds is 7. The van der Waals surface area contributed by atoms with Crippen LogP contribution in [0.1, 0.15) is 66.7 Å². The van der Waals surface area contributed by atoms with Gasteiger partial charge >= 0.3 is 0 Å². The summed E-state index contributed by atoms with van der Waals surface area (Å²) in [4.78, 5) is 22.1. The van der Waals surface area contributed by atoms with Crippen LogP contribution in [-0.4, -0.2) is 33.6 Å². The van der Waals surface area contributed by atoms with Crippen LogP contribution in [0.15, 0.2) is 48.7 Å². The maximum absolute atomic E-state index is 13.0. The Bertz CT molecular complexity index is 1320. The largest absolute Gasteiger partial charge is 0.384 e. The molecule has 6 rings (SSSR count). The number of anilines is 4. The predicted octanol–water partition coefficient (Wildman–Crippen LogP) is 4.22. The fourth-order valence-corrected chi connectivity index (χ4v) is 4.89. The molecule has 8 nitrogen and oxygen atoms in total. The van der Waals surface area contributed by atoms with Crippen molar-refractivity contribution in [1.82, 2.24) is 20.6 Å². The molecule has 0 atom stereocenters. The molecule has 0 radical (unpaired) electrons. The summed E-state index contributed by atoms with van der Waals surface area (Å²) in [5, 5.41) is 23.7. The Hall–Kier alpha value is -3.49. The molecule has 5 N–H and O–H groups in total. The number of hydrogen-bond donors (Lipinski definition) is 5. The Kier molecular flexibility index (Phi) is 5.46. The third-order valence-electron chi connectivity index (χ3n) is 7.28. The molecule has 3 heterocycles. The van der Waals surface area contributed by atoms with Crippen LogP contribution >= 0.6 is 0 Å². The molecule has 1 aromatic carbocycles. The Balaban J connectivity index is 1.29. The van der Waals surface area contributed by atoms with Gasteiger partial charge in [0.2, 0.25) is 0 Å². The smallest absolute Gasteiger partial charge is 0.255 e. The summed E-state index contributed by atoms with van der Waals surface area (Å²) in [6.07, 6.45) is 6.12. The highest BCUT2D eigenvalue weighted by Gasteiger charge is 2.46. The number of carbonyl (C=O) groups excluding carboxylic acids is 1. The summed E-state index contributed by atoms with van der Waals surface area (Å²) in [6, 6.07) is 14.0. The molecule has 0 unspecified atom stereocenters. The first-order valence-electron chi connectivity index (χ1n) is 12.7. The van der Waals surface area contributed by atoms with Crippen molar-refractivity contribution in [3.05, 3.63) is 71.0 Å². The van der Waals surface area contributed by atoms with Gasteiger partial charge in [0.05, 0.1) is 16.9 Å². The van der Waals surface area contributed by atoms with E-state index in [0.29, 0.717) is 34.0 Å². The van der Waals surface area contributed by atoms with E-state index in [9.17, 15) is 9.90 Å². The van der Waals surface area contributed by atoms with Crippen molar-refractivity contribution in [2.24, 2.45) is 0 Å². The van der Waals surface area contributed by atoms with Gasteiger partial charge in [-0.2, -0.15) is 0 Å². The molecule has 0 bridgehead atoms. The van der Waals surface area contributed by atoms with Crippen molar-refractivity contribution >= 4 is 28.9 Å². The minimum atomic E-state index is -1.07. The normalized spacial score (nSPS) is 17.9. The number of aliphatic hydroxyl groups is 1. The van der Waals surface area contributed by atoms with Crippen molar-refractivity contribution in [1.29, 1.82) is 0 Å². The van der Waals surface area contributed by atoms with Crippen molar-refractivity contribution in [3.63, 3.8) is 0 Å². The van der Waals surface area contributed by atoms with Crippen molar-refractivity contribution in [2.45, 2.75) is 63.1 Å². The molecular formula is C28H32N6O2. The molecule has 2 fully saturated rings. The van der Waals surface area contributed by atoms with Crippen molar-refractivity contribution in [2.75, 3.05) is 17.2 Å². The molecule has 3 aromatic rings. The summed E-state index contributed by atoms with van der Waals surface area (Å²) >= 11 is 0. The number of carbonyl (C=O) groups is 1. The number of pyridine rings is 2. The van der Waals surface area contributed by atoms with E-state index in [1.165, 1.54) is 24.0 Å². The highest BCUT2D eigenvalue weighted by molar-refractivity contribution is 6.00. The van der Waals surface area contributed by atoms with Crippen molar-refractivity contribution in [3.8, 4) is 0 Å². The van der Waals surface area contributed by atoms with Gasteiger partial charge < -0.3 is 26.4 Å². The zero-order chi connectivity index (χ0) is 24.9. The van der Waals surface area contributed by atoms with E-state index >= 15 is 0 Å². The van der Waals surface area contributed by atoms with Gasteiger partial charge in [0.1, 0.15) is 17.2 Å². The number of aromatic nitrogens is 2. The summed E-state index contributed by atoms with van der Waals surface area (Å²) in [6.45, 7) is 5.33. The maximum atomic E-state index is 13.0. The maximum Gasteiger partial charge on any atom is 0.255 e. The standard InChI is InChI=1S/C28H32N6O2/c1-27(2,36)23-4-3-5-24(34-23)33-22-13-25(30-15-20(22)26(35)32-18-6-7-18)31-19-8-9-21-17(12-19)14-29-16-28(21)10-11-28/h3-5,8-9,12-13,15,18,29,36H,6-7,10-11,14,16H2,1-2H3,(H,32,35)(H2,30,31,33,34). The molecule has 186 valence electrons. The fourth-order valence-electron chi connectivity index (χ4n) is 4.89. The average molecular weight is 485 g/mol. The lowest BCUT2D eigenvalue weighted by Crippen LogP contribution is -2.33. The molecule has 3 aliphatic rings. The predicted molar refractivity (Wildman–Crippen MR) is 140 cm³/mol. The van der Waals surface area contributed by atoms with Crippen LogP contribution in [0.2, 0.25) is 0 Å². The molecule has 2 aliphatic carbocycles. The minimum Gasteiger partial charge on any atom is -0.384 e. The van der Waals surface area contributed by atoms with Gasteiger partial charge in [-0.15, -0.1) is 0 Å². The molecule has 1 aliphatic heterocycles. The van der Waals surface area contributed by atoms with Gasteiger partial charge in [-0.3, -0.25) is 4.79 Å². The lowest BCUT2D eigenvalue weighted by atomic mass is 9.88. The Labute approximate surface area is 211 Å². The number of fused-ring (bicyclic) bond motifs is 2. The van der Waals surface area contributed by atoms with E-state index in [1.54, 1.807) is 26.1 Å². The fraction of sp³-hybridized carbons (Fsp3) is 0.393. The monoisotopic (exact) mass is 484 g/mol. The van der Waals surface area contributed by atoms with Gasteiger partial charge in [-0.25, -0.2) is 9.97 Å². The molecule has 2 saturated carbocycles. The average Bonchev–Trinajstić information content (AvgIpc) is 3.78. The van der Waals surface area contributed by atoms with Crippen LogP contribution in [0.25, 0.3) is 0 Å². The molecular weight excluding hydrogens is 452 g/mol. The number of nitrogens with zero attached hydrogens (tertiary/aromatic N) is 2. The second-order valence-electron chi connectivity index (χ2n) is 10.8. The van der Waals surface area contributed by atoms with E-state index < -0.39 is 5.60 Å². The highest BCUT2D eigenvalue weighted by atomic mass is 16.3. The first-order valence-corrected chi connectivity index (χ1v) is 12.7. The van der Waals surface area contributed by atoms with Crippen LogP contribution in [-0.2, 0) is 17.6 Å². The van der Waals surface area contributed by atoms with Crippen LogP contribution in [0.3, 0.4) is 0 Å². The topological polar surface area (TPSA) is 111 Å². The Morgan fingerprint density at radius 3 is 2.69 bits per heavy atom. The molecule has 1 spiro atoms. The van der Waals surface area contributed by atoms with E-state index in [0.717, 1.165) is 31.6 Å². The van der Waals surface area contributed by atoms with Gasteiger partial charge in [0.15, 0.2) is 0 Å². The summed E-state index contributed by atoms with van der Waals surface area (Å²) < 4.78 is 0. The summed E-state index contributed by atoms with van der Waals surface area (Å²) in [5.74, 6) is 1.01. The summed E-state index contributed by atoms with van der Waals surface area (Å²) in [5.41, 5.74) is 4.61. The van der Waals surface area contributed by atoms with E-state index in [2.05, 4.69) is 49.4 Å². The summed E-state index contributed by atoms with van der Waals surface area (Å²) in [7, 11) is 0. The van der Waals surface area contributed by atoms with Gasteiger partial charge in [0, 0.05) is 42.5 Å². The van der Waals surface area contributed by atoms with Gasteiger partial charge in [0.25, 0.3) is 5.91 Å². The molecule has 0 saturated heterocycles. The first-order chi connectivity index (χ1) is 17.3. The van der Waals surface area contributed by atoms with Crippen LogP contribution in [0, 0.1) is 0 Å². The number of amides is 1. The molecule has 2 aromatic heterocycles. The second-order valence-corrected chi connectivity index (χ2v) is 10.8. The SMILES string of the molecule is CC(C)(O)c1cccc(Nc2cc(Nc3ccc4c(c3)CNCC43CC3)ncc2C(=O)NC2CC2)n1. The minimum absolute atomic E-state index is 0.160. The van der Waals surface area contributed by atoms with E-state index in [-0.39, 0.29) is 11.9 Å². The van der Waals surface area contributed by atoms with Gasteiger partial charge in [-0.1, -0.05) is 12.1 Å². The van der Waals surface area contributed by atoms with Crippen LogP contribution in [0.4, 0.5) is 23.0 Å². The molecule has 36 heavy (non-hydrogen) atoms. The zero-order valence-electron chi connectivity index (χ0n) is 20.7. The first kappa shape index (κ1) is 22.9. The lowest BCUT2D eigenvalue weighted by molar-refractivity contribution is 0.0740. The van der Waals surface area contributed by atoms with E-state index in [1.807, 2.05) is 18.2 Å². The van der Waals surface area contributed by atoms with Crippen molar-refractivity contribution < 1.29 is 9.90 Å². The number of nitrogens with one attached hydrogen (secondary N) is 4. The highest BCUT2D eigenvalue weighted by Crippen LogP contribution is 2.50. The molecule has 1 amide bonds. The van der Waals surface area contributed by atoms with Crippen LogP contribution < -0.4 is 21.3 Å². The lowest BCUT2D eigenvalue weighted by Gasteiger charge is -2.26. The third-order valence-corrected chi connectivity index (χ3v) is 7.28. The van der Waals surface area contributed by atoms with Gasteiger partial charge in [-0.05, 0) is 74.9 Å². The quantitative estimate of drug-likeness (QED) is 0.341. The molecule has 8 heteroatoms. The number of benzene rings is 1. The third kappa shape index (κ3) is 4.66. The Morgan fingerprint density at radius 2 is 1.94 bits per heavy atom. The van der Waals surface area contributed by atoms with E-state index in [4.69, 9.17) is 0 Å². The zero-order valence-corrected chi connectivity index (χ0v) is 20.7.